The van der Waals surface area contributed by atoms with Crippen molar-refractivity contribution in [3.8, 4) is 0 Å². The molecule has 2 heteroatoms. The van der Waals surface area contributed by atoms with E-state index in [2.05, 4.69) is 43.4 Å². The Morgan fingerprint density at radius 2 is 1.23 bits per heavy atom. The molecule has 0 spiro atoms. The second-order valence-corrected chi connectivity index (χ2v) is 5.79. The lowest BCUT2D eigenvalue weighted by atomic mass is 10.1. The Morgan fingerprint density at radius 1 is 0.727 bits per heavy atom. The fourth-order valence-electron chi connectivity index (χ4n) is 2.24. The van der Waals surface area contributed by atoms with Gasteiger partial charge < -0.3 is 5.11 Å². The molecule has 0 aromatic carbocycles. The van der Waals surface area contributed by atoms with E-state index in [9.17, 15) is 4.79 Å². The number of rotatable bonds is 15. The molecule has 0 aliphatic heterocycles. The Hall–Kier alpha value is -1.31. The predicted octanol–water partition coefficient (Wildman–Crippen LogP) is 6.44. The number of carboxylic acid groups (broad SMARTS) is 1. The first-order valence-corrected chi connectivity index (χ1v) is 8.97. The Morgan fingerprint density at radius 3 is 1.77 bits per heavy atom. The Bertz CT molecular complexity index is 327. The Labute approximate surface area is 137 Å². The predicted molar refractivity (Wildman–Crippen MR) is 96.1 cm³/mol. The summed E-state index contributed by atoms with van der Waals surface area (Å²) in [6.45, 7) is 2.23. The number of carboxylic acids is 1. The zero-order valence-electron chi connectivity index (χ0n) is 14.3. The molecule has 1 N–H and O–H groups in total. The van der Waals surface area contributed by atoms with Crippen LogP contribution in [-0.4, -0.2) is 11.1 Å². The van der Waals surface area contributed by atoms with Crippen LogP contribution in [0.15, 0.2) is 36.5 Å². The van der Waals surface area contributed by atoms with E-state index >= 15 is 0 Å². The van der Waals surface area contributed by atoms with Crippen molar-refractivity contribution < 1.29 is 9.90 Å². The number of aliphatic carboxylic acids is 1. The molecule has 0 aromatic heterocycles. The van der Waals surface area contributed by atoms with E-state index in [4.69, 9.17) is 5.11 Å². The van der Waals surface area contributed by atoms with Crippen LogP contribution in [0.4, 0.5) is 0 Å². The normalized spacial score (nSPS) is 12.0. The summed E-state index contributed by atoms with van der Waals surface area (Å²) in [6.07, 6.45) is 26.2. The van der Waals surface area contributed by atoms with Crippen LogP contribution >= 0.6 is 0 Å². The maximum atomic E-state index is 10.3. The molecule has 0 aromatic rings. The van der Waals surface area contributed by atoms with Crippen molar-refractivity contribution in [1.29, 1.82) is 0 Å². The number of hydrogen-bond acceptors (Lipinski definition) is 1. The van der Waals surface area contributed by atoms with Crippen LogP contribution in [0.3, 0.4) is 0 Å². The minimum atomic E-state index is -0.672. The maximum Gasteiger partial charge on any atom is 0.303 e. The number of hydrogen-bond donors (Lipinski definition) is 1. The third-order valence-corrected chi connectivity index (χ3v) is 3.59. The number of allylic oxidation sites excluding steroid dienone is 6. The molecule has 0 aliphatic carbocycles. The monoisotopic (exact) mass is 306 g/mol. The van der Waals surface area contributed by atoms with Crippen LogP contribution in [0.25, 0.3) is 0 Å². The first kappa shape index (κ1) is 20.7. The van der Waals surface area contributed by atoms with E-state index in [0.29, 0.717) is 6.42 Å². The van der Waals surface area contributed by atoms with Crippen LogP contribution in [0.2, 0.25) is 0 Å². The number of unbranched alkanes of at least 4 members (excludes halogenated alkanes) is 9. The molecule has 0 atom stereocenters. The highest BCUT2D eigenvalue weighted by Crippen LogP contribution is 2.08. The minimum Gasteiger partial charge on any atom is -0.481 e. The third-order valence-electron chi connectivity index (χ3n) is 3.59. The van der Waals surface area contributed by atoms with Crippen molar-refractivity contribution >= 4 is 5.97 Å². The zero-order chi connectivity index (χ0) is 16.3. The van der Waals surface area contributed by atoms with Gasteiger partial charge in [0.15, 0.2) is 0 Å². The van der Waals surface area contributed by atoms with E-state index in [-0.39, 0.29) is 0 Å². The van der Waals surface area contributed by atoms with Gasteiger partial charge in [0.25, 0.3) is 0 Å². The second kappa shape index (κ2) is 17.7. The molecule has 0 unspecified atom stereocenters. The van der Waals surface area contributed by atoms with Crippen LogP contribution in [0, 0.1) is 0 Å². The van der Waals surface area contributed by atoms with E-state index in [1.54, 1.807) is 0 Å². The molecular formula is C20H34O2. The Kier molecular flexibility index (Phi) is 16.7. The van der Waals surface area contributed by atoms with Gasteiger partial charge in [0.2, 0.25) is 0 Å². The molecule has 0 bridgehead atoms. The summed E-state index contributed by atoms with van der Waals surface area (Å²) in [5.41, 5.74) is 0. The first-order valence-electron chi connectivity index (χ1n) is 8.97. The van der Waals surface area contributed by atoms with Gasteiger partial charge in [-0.25, -0.2) is 0 Å². The van der Waals surface area contributed by atoms with Gasteiger partial charge >= 0.3 is 5.97 Å². The molecule has 126 valence electrons. The van der Waals surface area contributed by atoms with E-state index in [0.717, 1.165) is 19.3 Å². The van der Waals surface area contributed by atoms with E-state index < -0.39 is 5.97 Å². The lowest BCUT2D eigenvalue weighted by Crippen LogP contribution is -1.93. The molecule has 0 radical (unpaired) electrons. The highest BCUT2D eigenvalue weighted by molar-refractivity contribution is 5.66. The van der Waals surface area contributed by atoms with Crippen molar-refractivity contribution in [2.45, 2.75) is 84.0 Å². The largest absolute Gasteiger partial charge is 0.481 e. The molecule has 0 heterocycles. The van der Waals surface area contributed by atoms with Crippen molar-refractivity contribution in [2.75, 3.05) is 0 Å². The molecule has 0 rings (SSSR count). The average molecular weight is 306 g/mol. The first-order chi connectivity index (χ1) is 10.8. The number of carbonyl (C=O) groups is 1. The molecule has 0 fully saturated rings. The summed E-state index contributed by atoms with van der Waals surface area (Å²) in [7, 11) is 0. The lowest BCUT2D eigenvalue weighted by molar-refractivity contribution is -0.137. The third kappa shape index (κ3) is 18.7. The average Bonchev–Trinajstić information content (AvgIpc) is 2.50. The molecule has 0 saturated carbocycles. The summed E-state index contributed by atoms with van der Waals surface area (Å²) >= 11 is 0. The van der Waals surface area contributed by atoms with Gasteiger partial charge in [0.1, 0.15) is 0 Å². The smallest absolute Gasteiger partial charge is 0.303 e. The zero-order valence-corrected chi connectivity index (χ0v) is 14.3. The van der Waals surface area contributed by atoms with Crippen LogP contribution < -0.4 is 0 Å². The standard InChI is InChI=1S/C20H34O2/c1-2-3-4-5-6-7-8-9-10-11-12-13-14-15-16-17-18-19-20(21)22/h6-11H,2-5,12-19H2,1H3,(H,21,22). The molecule has 0 amide bonds. The topological polar surface area (TPSA) is 37.3 Å². The van der Waals surface area contributed by atoms with Crippen LogP contribution in [-0.2, 0) is 4.79 Å². The molecule has 0 saturated heterocycles. The molecule has 22 heavy (non-hydrogen) atoms. The SMILES string of the molecule is CCCCCC=CC=CC=CCCCCCCCCC(=O)O. The van der Waals surface area contributed by atoms with Crippen molar-refractivity contribution in [1.82, 2.24) is 0 Å². The summed E-state index contributed by atoms with van der Waals surface area (Å²) in [4.78, 5) is 10.3. The quantitative estimate of drug-likeness (QED) is 0.279. The Balaban J connectivity index is 3.28. The maximum absolute atomic E-state index is 10.3. The highest BCUT2D eigenvalue weighted by atomic mass is 16.4. The van der Waals surface area contributed by atoms with Gasteiger partial charge in [-0.15, -0.1) is 0 Å². The summed E-state index contributed by atoms with van der Waals surface area (Å²) in [5.74, 6) is -0.672. The van der Waals surface area contributed by atoms with Gasteiger partial charge in [0, 0.05) is 6.42 Å². The highest BCUT2D eigenvalue weighted by Gasteiger charge is 1.95. The van der Waals surface area contributed by atoms with Crippen molar-refractivity contribution in [2.24, 2.45) is 0 Å². The summed E-state index contributed by atoms with van der Waals surface area (Å²) < 4.78 is 0. The van der Waals surface area contributed by atoms with E-state index in [1.165, 1.54) is 51.4 Å². The van der Waals surface area contributed by atoms with Gasteiger partial charge in [0.05, 0.1) is 0 Å². The van der Waals surface area contributed by atoms with Gasteiger partial charge in [-0.05, 0) is 32.1 Å². The molecule has 0 aliphatic rings. The fraction of sp³-hybridized carbons (Fsp3) is 0.650. The van der Waals surface area contributed by atoms with Gasteiger partial charge in [-0.1, -0.05) is 81.9 Å². The molecular weight excluding hydrogens is 272 g/mol. The van der Waals surface area contributed by atoms with Gasteiger partial charge in [-0.2, -0.15) is 0 Å². The van der Waals surface area contributed by atoms with E-state index in [1.807, 2.05) is 0 Å². The molecule has 2 nitrogen and oxygen atoms in total. The summed E-state index contributed by atoms with van der Waals surface area (Å²) in [5, 5.41) is 8.52. The second-order valence-electron chi connectivity index (χ2n) is 5.79. The van der Waals surface area contributed by atoms with Crippen molar-refractivity contribution in [3.63, 3.8) is 0 Å². The van der Waals surface area contributed by atoms with Crippen LogP contribution in [0.1, 0.15) is 84.0 Å². The summed E-state index contributed by atoms with van der Waals surface area (Å²) in [6, 6.07) is 0. The van der Waals surface area contributed by atoms with Gasteiger partial charge in [-0.3, -0.25) is 4.79 Å². The van der Waals surface area contributed by atoms with Crippen LogP contribution in [0.5, 0.6) is 0 Å². The fourth-order valence-corrected chi connectivity index (χ4v) is 2.24. The minimum absolute atomic E-state index is 0.322. The lowest BCUT2D eigenvalue weighted by Gasteiger charge is -1.99. The van der Waals surface area contributed by atoms with Crippen molar-refractivity contribution in [3.05, 3.63) is 36.5 Å².